The quantitative estimate of drug-likeness (QED) is 0.862. The number of ether oxygens (including phenoxy) is 1. The molecule has 1 saturated carbocycles. The molecule has 0 radical (unpaired) electrons. The predicted octanol–water partition coefficient (Wildman–Crippen LogP) is 2.58. The summed E-state index contributed by atoms with van der Waals surface area (Å²) in [7, 11) is 0. The van der Waals surface area contributed by atoms with E-state index in [4.69, 9.17) is 21.4 Å². The predicted molar refractivity (Wildman–Crippen MR) is 56.2 cm³/mol. The summed E-state index contributed by atoms with van der Waals surface area (Å²) in [6.07, 6.45) is 1.19. The number of hydrogen-bond donors (Lipinski definition) is 1. The zero-order valence-electron chi connectivity index (χ0n) is 8.02. The van der Waals surface area contributed by atoms with Crippen molar-refractivity contribution in [3.8, 4) is 5.75 Å². The highest BCUT2D eigenvalue weighted by molar-refractivity contribution is 6.30. The summed E-state index contributed by atoms with van der Waals surface area (Å²) in [6.45, 7) is 0. The van der Waals surface area contributed by atoms with Crippen LogP contribution >= 0.6 is 11.6 Å². The maximum atomic E-state index is 10.6. The molecule has 4 heteroatoms. The Labute approximate surface area is 92.6 Å². The van der Waals surface area contributed by atoms with Crippen molar-refractivity contribution >= 4 is 17.6 Å². The van der Waals surface area contributed by atoms with Gasteiger partial charge in [-0.1, -0.05) is 17.7 Å². The van der Waals surface area contributed by atoms with E-state index in [0.717, 1.165) is 0 Å². The smallest absolute Gasteiger partial charge is 0.306 e. The molecule has 0 aromatic heterocycles. The van der Waals surface area contributed by atoms with E-state index in [-0.39, 0.29) is 12.0 Å². The fourth-order valence-corrected chi connectivity index (χ4v) is 1.78. The highest BCUT2D eigenvalue weighted by Crippen LogP contribution is 2.32. The molecule has 1 aliphatic carbocycles. The summed E-state index contributed by atoms with van der Waals surface area (Å²) in [5, 5.41) is 9.31. The Hall–Kier alpha value is -1.22. The van der Waals surface area contributed by atoms with Gasteiger partial charge in [0, 0.05) is 5.02 Å². The minimum absolute atomic E-state index is 0.0181. The van der Waals surface area contributed by atoms with Crippen molar-refractivity contribution in [2.75, 3.05) is 0 Å². The fourth-order valence-electron chi connectivity index (χ4n) is 1.60. The van der Waals surface area contributed by atoms with Gasteiger partial charge in [-0.15, -0.1) is 0 Å². The number of aliphatic carboxylic acids is 1. The standard InChI is InChI=1S/C11H11ClO3/c12-8-2-1-3-9(6-8)15-10-4-7(5-10)11(13)14/h1-3,6-7,10H,4-5H2,(H,13,14)/t7-,10-. The molecule has 0 atom stereocenters. The van der Waals surface area contributed by atoms with Crippen LogP contribution in [-0.4, -0.2) is 17.2 Å². The fraction of sp³-hybridized carbons (Fsp3) is 0.364. The number of carbonyl (C=O) groups is 1. The SMILES string of the molecule is O=C(O)[C@H]1C[C@H](Oc2cccc(Cl)c2)C1. The first-order valence-corrected chi connectivity index (χ1v) is 5.18. The van der Waals surface area contributed by atoms with E-state index in [2.05, 4.69) is 0 Å². The molecule has 15 heavy (non-hydrogen) atoms. The van der Waals surface area contributed by atoms with Crippen molar-refractivity contribution in [2.45, 2.75) is 18.9 Å². The monoisotopic (exact) mass is 226 g/mol. The average Bonchev–Trinajstić information content (AvgIpc) is 2.10. The van der Waals surface area contributed by atoms with E-state index < -0.39 is 5.97 Å². The van der Waals surface area contributed by atoms with Crippen molar-refractivity contribution < 1.29 is 14.6 Å². The Morgan fingerprint density at radius 3 is 2.80 bits per heavy atom. The first-order chi connectivity index (χ1) is 7.15. The lowest BCUT2D eigenvalue weighted by atomic mass is 9.82. The Morgan fingerprint density at radius 1 is 1.47 bits per heavy atom. The summed E-state index contributed by atoms with van der Waals surface area (Å²) in [6, 6.07) is 7.13. The second-order valence-corrected chi connectivity index (χ2v) is 4.14. The maximum Gasteiger partial charge on any atom is 0.306 e. The van der Waals surface area contributed by atoms with Crippen LogP contribution < -0.4 is 4.74 Å². The lowest BCUT2D eigenvalue weighted by Gasteiger charge is -2.32. The van der Waals surface area contributed by atoms with Gasteiger partial charge in [-0.2, -0.15) is 0 Å². The van der Waals surface area contributed by atoms with Crippen LogP contribution in [0.4, 0.5) is 0 Å². The molecule has 2 rings (SSSR count). The molecular formula is C11H11ClO3. The van der Waals surface area contributed by atoms with Gasteiger partial charge in [0.05, 0.1) is 5.92 Å². The molecule has 80 valence electrons. The molecular weight excluding hydrogens is 216 g/mol. The Bertz CT molecular complexity index is 372. The van der Waals surface area contributed by atoms with E-state index >= 15 is 0 Å². The van der Waals surface area contributed by atoms with Crippen molar-refractivity contribution in [3.63, 3.8) is 0 Å². The second-order valence-electron chi connectivity index (χ2n) is 3.70. The third kappa shape index (κ3) is 2.42. The molecule has 0 aliphatic heterocycles. The van der Waals surface area contributed by atoms with Crippen LogP contribution in [0.25, 0.3) is 0 Å². The van der Waals surface area contributed by atoms with E-state index in [1.54, 1.807) is 12.1 Å². The first kappa shape index (κ1) is 10.3. The average molecular weight is 227 g/mol. The minimum atomic E-state index is -0.735. The molecule has 0 unspecified atom stereocenters. The van der Waals surface area contributed by atoms with Crippen LogP contribution in [0, 0.1) is 5.92 Å². The van der Waals surface area contributed by atoms with Gasteiger partial charge < -0.3 is 9.84 Å². The van der Waals surface area contributed by atoms with Crippen LogP contribution in [0.1, 0.15) is 12.8 Å². The van der Waals surface area contributed by atoms with Gasteiger partial charge in [0.25, 0.3) is 0 Å². The number of rotatable bonds is 3. The highest BCUT2D eigenvalue weighted by atomic mass is 35.5. The van der Waals surface area contributed by atoms with Crippen LogP contribution in [-0.2, 0) is 4.79 Å². The summed E-state index contributed by atoms with van der Waals surface area (Å²) >= 11 is 5.79. The minimum Gasteiger partial charge on any atom is -0.490 e. The van der Waals surface area contributed by atoms with Crippen molar-refractivity contribution in [3.05, 3.63) is 29.3 Å². The molecule has 1 N–H and O–H groups in total. The van der Waals surface area contributed by atoms with Crippen molar-refractivity contribution in [1.29, 1.82) is 0 Å². The molecule has 0 spiro atoms. The molecule has 0 heterocycles. The summed E-state index contributed by atoms with van der Waals surface area (Å²) in [5.41, 5.74) is 0. The third-order valence-corrected chi connectivity index (χ3v) is 2.78. The van der Waals surface area contributed by atoms with E-state index in [0.29, 0.717) is 23.6 Å². The van der Waals surface area contributed by atoms with Gasteiger partial charge in [-0.25, -0.2) is 0 Å². The second kappa shape index (κ2) is 4.11. The molecule has 1 aromatic carbocycles. The Morgan fingerprint density at radius 2 is 2.20 bits per heavy atom. The van der Waals surface area contributed by atoms with Crippen molar-refractivity contribution in [2.24, 2.45) is 5.92 Å². The van der Waals surface area contributed by atoms with Crippen LogP contribution in [0.2, 0.25) is 5.02 Å². The molecule has 0 saturated heterocycles. The van der Waals surface area contributed by atoms with Crippen molar-refractivity contribution in [1.82, 2.24) is 0 Å². The largest absolute Gasteiger partial charge is 0.490 e. The van der Waals surface area contributed by atoms with Gasteiger partial charge in [0.2, 0.25) is 0 Å². The highest BCUT2D eigenvalue weighted by Gasteiger charge is 2.35. The van der Waals surface area contributed by atoms with Crippen LogP contribution in [0.5, 0.6) is 5.75 Å². The van der Waals surface area contributed by atoms with Gasteiger partial charge in [-0.05, 0) is 31.0 Å². The first-order valence-electron chi connectivity index (χ1n) is 4.80. The lowest BCUT2D eigenvalue weighted by Crippen LogP contribution is -2.38. The number of carboxylic acid groups (broad SMARTS) is 1. The van der Waals surface area contributed by atoms with Crippen LogP contribution in [0.15, 0.2) is 24.3 Å². The van der Waals surface area contributed by atoms with Gasteiger partial charge in [0.15, 0.2) is 0 Å². The zero-order chi connectivity index (χ0) is 10.8. The van der Waals surface area contributed by atoms with E-state index in [9.17, 15) is 4.79 Å². The van der Waals surface area contributed by atoms with Gasteiger partial charge in [-0.3, -0.25) is 4.79 Å². The third-order valence-electron chi connectivity index (χ3n) is 2.54. The molecule has 1 fully saturated rings. The summed E-state index contributed by atoms with van der Waals surface area (Å²) in [4.78, 5) is 10.6. The lowest BCUT2D eigenvalue weighted by molar-refractivity contribution is -0.147. The maximum absolute atomic E-state index is 10.6. The normalized spacial score (nSPS) is 24.3. The number of benzene rings is 1. The summed E-state index contributed by atoms with van der Waals surface area (Å²) < 4.78 is 5.56. The molecule has 1 aromatic rings. The Balaban J connectivity index is 1.87. The number of carboxylic acids is 1. The number of halogens is 1. The molecule has 0 bridgehead atoms. The van der Waals surface area contributed by atoms with Crippen LogP contribution in [0.3, 0.4) is 0 Å². The zero-order valence-corrected chi connectivity index (χ0v) is 8.78. The molecule has 3 nitrogen and oxygen atoms in total. The number of hydrogen-bond acceptors (Lipinski definition) is 2. The van der Waals surface area contributed by atoms with Gasteiger partial charge in [0.1, 0.15) is 11.9 Å². The Kier molecular flexibility index (Phi) is 2.82. The van der Waals surface area contributed by atoms with Gasteiger partial charge >= 0.3 is 5.97 Å². The van der Waals surface area contributed by atoms with E-state index in [1.165, 1.54) is 0 Å². The molecule has 1 aliphatic rings. The van der Waals surface area contributed by atoms with E-state index in [1.807, 2.05) is 12.1 Å². The summed E-state index contributed by atoms with van der Waals surface area (Å²) in [5.74, 6) is -0.272. The topological polar surface area (TPSA) is 46.5 Å². The molecule has 0 amide bonds.